The van der Waals surface area contributed by atoms with Gasteiger partial charge in [0.2, 0.25) is 5.95 Å². The second-order valence-corrected chi connectivity index (χ2v) is 9.81. The lowest BCUT2D eigenvalue weighted by atomic mass is 10.1. The van der Waals surface area contributed by atoms with Crippen molar-refractivity contribution in [2.45, 2.75) is 24.3 Å². The topological polar surface area (TPSA) is 76.6 Å². The Hall–Kier alpha value is -3.30. The summed E-state index contributed by atoms with van der Waals surface area (Å²) >= 11 is 6.31. The first-order valence-corrected chi connectivity index (χ1v) is 12.0. The van der Waals surface area contributed by atoms with Crippen molar-refractivity contribution in [1.29, 1.82) is 0 Å². The molecular formula is C24H19ClF2N2O4S. The first-order chi connectivity index (χ1) is 16.2. The Morgan fingerprint density at radius 3 is 2.44 bits per heavy atom. The van der Waals surface area contributed by atoms with Crippen LogP contribution in [-0.4, -0.2) is 26.3 Å². The van der Waals surface area contributed by atoms with Crippen LogP contribution in [0.5, 0.6) is 5.75 Å². The first kappa shape index (κ1) is 23.8. The van der Waals surface area contributed by atoms with Crippen molar-refractivity contribution < 1.29 is 26.7 Å². The van der Waals surface area contributed by atoms with E-state index in [9.17, 15) is 17.6 Å². The van der Waals surface area contributed by atoms with Crippen LogP contribution in [-0.2, 0) is 21.4 Å². The number of carbonyl (C=O) groups excluding carboxylic acids is 1. The van der Waals surface area contributed by atoms with Gasteiger partial charge in [-0.05, 0) is 65.6 Å². The molecule has 34 heavy (non-hydrogen) atoms. The minimum Gasteiger partial charge on any atom is -0.497 e. The lowest BCUT2D eigenvalue weighted by molar-refractivity contribution is -0.114. The van der Waals surface area contributed by atoms with Crippen LogP contribution in [0, 0.1) is 11.8 Å². The fourth-order valence-corrected chi connectivity index (χ4v) is 5.45. The van der Waals surface area contributed by atoms with E-state index >= 15 is 4.39 Å². The maximum atomic E-state index is 15.2. The fraction of sp³-hybridized carbons (Fsp3) is 0.167. The number of ketones is 1. The molecule has 0 amide bonds. The molecule has 6 nitrogen and oxygen atoms in total. The Bertz CT molecular complexity index is 1390. The molecule has 4 rings (SSSR count). The summed E-state index contributed by atoms with van der Waals surface area (Å²) in [5, 5.41) is -0.0162. The average molecular weight is 505 g/mol. The van der Waals surface area contributed by atoms with Crippen LogP contribution in [0.2, 0.25) is 5.02 Å². The number of allylic oxidation sites excluding steroid dienone is 2. The summed E-state index contributed by atoms with van der Waals surface area (Å²) in [5.41, 5.74) is 1.34. The van der Waals surface area contributed by atoms with Crippen LogP contribution in [0.25, 0.3) is 5.57 Å². The van der Waals surface area contributed by atoms with E-state index < -0.39 is 26.7 Å². The van der Waals surface area contributed by atoms with Gasteiger partial charge in [0.05, 0.1) is 13.7 Å². The summed E-state index contributed by atoms with van der Waals surface area (Å²) in [7, 11) is -3.07. The van der Waals surface area contributed by atoms with E-state index in [0.29, 0.717) is 23.3 Å². The first-order valence-electron chi connectivity index (χ1n) is 10.2. The number of hydrogen-bond donors (Lipinski definition) is 0. The van der Waals surface area contributed by atoms with Crippen LogP contribution in [0.3, 0.4) is 0 Å². The highest BCUT2D eigenvalue weighted by Gasteiger charge is 2.31. The number of pyridine rings is 1. The van der Waals surface area contributed by atoms with Gasteiger partial charge in [0.15, 0.2) is 5.78 Å². The molecule has 0 saturated carbocycles. The second kappa shape index (κ2) is 9.52. The molecule has 0 unspecified atom stereocenters. The second-order valence-electron chi connectivity index (χ2n) is 7.58. The molecule has 0 aliphatic heterocycles. The van der Waals surface area contributed by atoms with Crippen molar-refractivity contribution >= 4 is 38.8 Å². The quantitative estimate of drug-likeness (QED) is 0.415. The Balaban J connectivity index is 1.79. The number of methoxy groups -OCH3 is 1. The Morgan fingerprint density at radius 2 is 1.82 bits per heavy atom. The minimum absolute atomic E-state index is 0.0162. The molecule has 2 aromatic carbocycles. The zero-order valence-corrected chi connectivity index (χ0v) is 19.5. The lowest BCUT2D eigenvalue weighted by Crippen LogP contribution is -2.32. The van der Waals surface area contributed by atoms with Crippen molar-refractivity contribution in [3.05, 3.63) is 88.6 Å². The molecule has 0 atom stereocenters. The number of ether oxygens (including phenoxy) is 1. The number of sulfonamides is 1. The third-order valence-corrected chi connectivity index (χ3v) is 7.43. The highest BCUT2D eigenvalue weighted by Crippen LogP contribution is 2.35. The Morgan fingerprint density at radius 1 is 1.09 bits per heavy atom. The maximum absolute atomic E-state index is 15.2. The summed E-state index contributed by atoms with van der Waals surface area (Å²) in [5.74, 6) is -1.70. The van der Waals surface area contributed by atoms with E-state index in [-0.39, 0.29) is 35.2 Å². The average Bonchev–Trinajstić information content (AvgIpc) is 3.24. The van der Waals surface area contributed by atoms with Crippen LogP contribution in [0.4, 0.5) is 14.6 Å². The normalized spacial score (nSPS) is 13.6. The molecule has 0 radical (unpaired) electrons. The molecule has 176 valence electrons. The van der Waals surface area contributed by atoms with Crippen LogP contribution in [0.15, 0.2) is 65.6 Å². The van der Waals surface area contributed by atoms with E-state index in [2.05, 4.69) is 4.98 Å². The number of halogens is 3. The molecular weight excluding hydrogens is 486 g/mol. The van der Waals surface area contributed by atoms with Gasteiger partial charge in [-0.2, -0.15) is 4.39 Å². The van der Waals surface area contributed by atoms with Crippen LogP contribution >= 0.6 is 11.6 Å². The van der Waals surface area contributed by atoms with E-state index in [1.54, 1.807) is 24.3 Å². The van der Waals surface area contributed by atoms with Gasteiger partial charge in [0, 0.05) is 11.4 Å². The number of rotatable bonds is 7. The van der Waals surface area contributed by atoms with Gasteiger partial charge in [-0.1, -0.05) is 29.8 Å². The van der Waals surface area contributed by atoms with Crippen LogP contribution < -0.4 is 9.04 Å². The third-order valence-electron chi connectivity index (χ3n) is 5.35. The smallest absolute Gasteiger partial charge is 0.268 e. The van der Waals surface area contributed by atoms with Gasteiger partial charge >= 0.3 is 0 Å². The lowest BCUT2D eigenvalue weighted by Gasteiger charge is -2.24. The molecule has 0 fully saturated rings. The summed E-state index contributed by atoms with van der Waals surface area (Å²) < 4.78 is 62.2. The van der Waals surface area contributed by atoms with Crippen LogP contribution in [0.1, 0.15) is 24.0 Å². The maximum Gasteiger partial charge on any atom is 0.268 e. The molecule has 10 heteroatoms. The Kier molecular flexibility index (Phi) is 6.67. The fourth-order valence-electron chi connectivity index (χ4n) is 3.62. The summed E-state index contributed by atoms with van der Waals surface area (Å²) in [6.07, 6.45) is 2.05. The highest BCUT2D eigenvalue weighted by atomic mass is 35.5. The van der Waals surface area contributed by atoms with E-state index in [0.717, 1.165) is 22.5 Å². The number of aromatic nitrogens is 1. The zero-order valence-electron chi connectivity index (χ0n) is 18.0. The molecule has 0 saturated heterocycles. The number of nitrogens with zero attached hydrogens (tertiary/aromatic N) is 2. The minimum atomic E-state index is -4.56. The van der Waals surface area contributed by atoms with Gasteiger partial charge in [-0.15, -0.1) is 0 Å². The van der Waals surface area contributed by atoms with Gasteiger partial charge < -0.3 is 4.74 Å². The molecule has 0 bridgehead atoms. The predicted octanol–water partition coefficient (Wildman–Crippen LogP) is 5.16. The molecule has 0 spiro atoms. The predicted molar refractivity (Wildman–Crippen MR) is 124 cm³/mol. The van der Waals surface area contributed by atoms with Crippen molar-refractivity contribution in [2.24, 2.45) is 0 Å². The SMILES string of the molecule is COc1ccc(CN(c2cccc(F)n2)S(=O)(=O)c2cc(Cl)c(C3=CC(=O)CC3)cc2F)cc1. The molecule has 0 N–H and O–H groups in total. The summed E-state index contributed by atoms with van der Waals surface area (Å²) in [6, 6.07) is 12.3. The third kappa shape index (κ3) is 4.80. The van der Waals surface area contributed by atoms with Crippen molar-refractivity contribution in [3.8, 4) is 5.75 Å². The number of carbonyl (C=O) groups is 1. The molecule has 1 aliphatic rings. The Labute approximate surface area is 200 Å². The van der Waals surface area contributed by atoms with Crippen molar-refractivity contribution in [2.75, 3.05) is 11.4 Å². The highest BCUT2D eigenvalue weighted by molar-refractivity contribution is 7.92. The van der Waals surface area contributed by atoms with E-state index in [1.165, 1.54) is 25.3 Å². The van der Waals surface area contributed by atoms with Gasteiger partial charge in [0.25, 0.3) is 10.0 Å². The molecule has 1 heterocycles. The van der Waals surface area contributed by atoms with E-state index in [4.69, 9.17) is 16.3 Å². The van der Waals surface area contributed by atoms with Gasteiger partial charge in [0.1, 0.15) is 22.3 Å². The number of benzene rings is 2. The van der Waals surface area contributed by atoms with Crippen molar-refractivity contribution in [1.82, 2.24) is 4.98 Å². The van der Waals surface area contributed by atoms with E-state index in [1.807, 2.05) is 0 Å². The van der Waals surface area contributed by atoms with Gasteiger partial charge in [-0.25, -0.2) is 22.1 Å². The standard InChI is InChI=1S/C24H19ClF2N2O4S/c1-33-18-9-5-15(6-10-18)14-29(24-4-2-3-23(27)28-24)34(31,32)22-13-20(25)19(12-21(22)26)16-7-8-17(30)11-16/h2-6,9-13H,7-8,14H2,1H3. The van der Waals surface area contributed by atoms with Gasteiger partial charge in [-0.3, -0.25) is 4.79 Å². The van der Waals surface area contributed by atoms with Crippen molar-refractivity contribution in [3.63, 3.8) is 0 Å². The molecule has 3 aromatic rings. The number of hydrogen-bond acceptors (Lipinski definition) is 5. The monoisotopic (exact) mass is 504 g/mol. The summed E-state index contributed by atoms with van der Waals surface area (Å²) in [4.78, 5) is 14.6. The molecule has 1 aliphatic carbocycles. The summed E-state index contributed by atoms with van der Waals surface area (Å²) in [6.45, 7) is -0.249. The zero-order chi connectivity index (χ0) is 24.5. The number of anilines is 1. The molecule has 1 aromatic heterocycles. The largest absolute Gasteiger partial charge is 0.497 e.